The Morgan fingerprint density at radius 2 is 2.12 bits per heavy atom. The van der Waals surface area contributed by atoms with Gasteiger partial charge >= 0.3 is 0 Å². The zero-order chi connectivity index (χ0) is 12.2. The van der Waals surface area contributed by atoms with Gasteiger partial charge in [-0.2, -0.15) is 0 Å². The third-order valence-corrected chi connectivity index (χ3v) is 2.60. The van der Waals surface area contributed by atoms with E-state index in [9.17, 15) is 4.79 Å². The van der Waals surface area contributed by atoms with Crippen LogP contribution in [0.15, 0.2) is 24.3 Å². The lowest BCUT2D eigenvalue weighted by molar-refractivity contribution is -0.122. The largest absolute Gasteiger partial charge is 0.347 e. The Morgan fingerprint density at radius 3 is 2.65 bits per heavy atom. The highest BCUT2D eigenvalue weighted by Gasteiger charge is 2.22. The van der Waals surface area contributed by atoms with Crippen LogP contribution in [0.25, 0.3) is 0 Å². The number of rotatable bonds is 4. The van der Waals surface area contributed by atoms with Gasteiger partial charge in [-0.15, -0.1) is 12.4 Å². The normalized spacial score (nSPS) is 10.6. The topological polar surface area (TPSA) is 55.1 Å². The number of hydrogen-bond donors (Lipinski definition) is 2. The summed E-state index contributed by atoms with van der Waals surface area (Å²) in [6.07, 6.45) is 0.337. The number of nitrogens with two attached hydrogens (primary N) is 1. The molecule has 0 atom stereocenters. The number of amides is 1. The molecule has 0 heterocycles. The average molecular weight is 277 g/mol. The first kappa shape index (κ1) is 16.2. The van der Waals surface area contributed by atoms with E-state index in [1.165, 1.54) is 0 Å². The molecule has 0 spiro atoms. The number of halogens is 2. The van der Waals surface area contributed by atoms with E-state index < -0.39 is 5.54 Å². The first-order chi connectivity index (χ1) is 7.45. The van der Waals surface area contributed by atoms with Gasteiger partial charge in [0.05, 0.1) is 5.54 Å². The van der Waals surface area contributed by atoms with Crippen LogP contribution in [-0.4, -0.2) is 12.5 Å². The summed E-state index contributed by atoms with van der Waals surface area (Å²) < 4.78 is 0. The van der Waals surface area contributed by atoms with Gasteiger partial charge in [0.1, 0.15) is 0 Å². The molecule has 0 bridgehead atoms. The van der Waals surface area contributed by atoms with E-state index >= 15 is 0 Å². The number of hydrogen-bond acceptors (Lipinski definition) is 2. The van der Waals surface area contributed by atoms with Gasteiger partial charge in [0.15, 0.2) is 0 Å². The predicted octanol–water partition coefficient (Wildman–Crippen LogP) is 2.46. The third kappa shape index (κ3) is 4.94. The Balaban J connectivity index is 0.00000256. The van der Waals surface area contributed by atoms with E-state index in [0.29, 0.717) is 18.0 Å². The molecule has 0 unspecified atom stereocenters. The van der Waals surface area contributed by atoms with Gasteiger partial charge in [-0.3, -0.25) is 4.79 Å². The zero-order valence-corrected chi connectivity index (χ0v) is 11.6. The fourth-order valence-electron chi connectivity index (χ4n) is 1.49. The third-order valence-electron chi connectivity index (χ3n) is 2.37. The van der Waals surface area contributed by atoms with Gasteiger partial charge in [0, 0.05) is 18.0 Å². The fourth-order valence-corrected chi connectivity index (χ4v) is 1.68. The second-order valence-electron chi connectivity index (χ2n) is 4.22. The Bertz CT molecular complexity index is 381. The van der Waals surface area contributed by atoms with E-state index in [1.807, 2.05) is 38.1 Å². The Hall–Kier alpha value is -0.770. The molecule has 0 aliphatic heterocycles. The molecule has 0 aromatic heterocycles. The van der Waals surface area contributed by atoms with Crippen LogP contribution in [0.4, 0.5) is 0 Å². The van der Waals surface area contributed by atoms with Crippen molar-refractivity contribution in [2.75, 3.05) is 6.54 Å². The maximum atomic E-state index is 11.5. The maximum Gasteiger partial charge on any atom is 0.221 e. The molecule has 0 fully saturated rings. The molecule has 17 heavy (non-hydrogen) atoms. The van der Waals surface area contributed by atoms with Gasteiger partial charge < -0.3 is 11.1 Å². The number of benzene rings is 1. The molecule has 3 N–H and O–H groups in total. The lowest BCUT2D eigenvalue weighted by Gasteiger charge is -2.27. The lowest BCUT2D eigenvalue weighted by atomic mass is 9.94. The quantitative estimate of drug-likeness (QED) is 0.888. The van der Waals surface area contributed by atoms with Crippen LogP contribution in [0, 0.1) is 0 Å². The number of carbonyl (C=O) groups excluding carboxylic acids is 1. The maximum absolute atomic E-state index is 11.5. The summed E-state index contributed by atoms with van der Waals surface area (Å²) in [6.45, 7) is 4.23. The minimum atomic E-state index is -0.433. The molecule has 1 rings (SSSR count). The van der Waals surface area contributed by atoms with E-state index in [1.54, 1.807) is 0 Å². The van der Waals surface area contributed by atoms with Crippen molar-refractivity contribution in [1.82, 2.24) is 5.32 Å². The van der Waals surface area contributed by atoms with Crippen LogP contribution in [0.5, 0.6) is 0 Å². The summed E-state index contributed by atoms with van der Waals surface area (Å²) in [5, 5.41) is 3.59. The van der Waals surface area contributed by atoms with Crippen LogP contribution >= 0.6 is 24.0 Å². The van der Waals surface area contributed by atoms with Crippen molar-refractivity contribution in [3.63, 3.8) is 0 Å². The van der Waals surface area contributed by atoms with Crippen molar-refractivity contribution in [3.05, 3.63) is 34.9 Å². The summed E-state index contributed by atoms with van der Waals surface area (Å²) in [7, 11) is 0. The summed E-state index contributed by atoms with van der Waals surface area (Å²) in [5.74, 6) is -0.0486. The monoisotopic (exact) mass is 276 g/mol. The highest BCUT2D eigenvalue weighted by molar-refractivity contribution is 6.30. The van der Waals surface area contributed by atoms with Crippen molar-refractivity contribution in [2.24, 2.45) is 5.73 Å². The van der Waals surface area contributed by atoms with Crippen LogP contribution < -0.4 is 11.1 Å². The van der Waals surface area contributed by atoms with E-state index in [0.717, 1.165) is 5.56 Å². The highest BCUT2D eigenvalue weighted by Crippen LogP contribution is 2.22. The average Bonchev–Trinajstić information content (AvgIpc) is 2.17. The number of carbonyl (C=O) groups is 1. The lowest BCUT2D eigenvalue weighted by Crippen LogP contribution is -2.41. The Kier molecular flexibility index (Phi) is 6.53. The molecule has 1 aromatic rings. The van der Waals surface area contributed by atoms with Gasteiger partial charge in [-0.25, -0.2) is 0 Å². The van der Waals surface area contributed by atoms with Gasteiger partial charge in [0.25, 0.3) is 0 Å². The summed E-state index contributed by atoms with van der Waals surface area (Å²) >= 11 is 5.92. The van der Waals surface area contributed by atoms with Gasteiger partial charge in [-0.05, 0) is 31.5 Å². The Labute approximate surface area is 113 Å². The smallest absolute Gasteiger partial charge is 0.221 e. The molecule has 0 saturated heterocycles. The molecule has 5 heteroatoms. The van der Waals surface area contributed by atoms with Crippen LogP contribution in [0.3, 0.4) is 0 Å². The van der Waals surface area contributed by atoms with Crippen molar-refractivity contribution in [2.45, 2.75) is 25.8 Å². The van der Waals surface area contributed by atoms with E-state index in [-0.39, 0.29) is 18.3 Å². The van der Waals surface area contributed by atoms with E-state index in [2.05, 4.69) is 5.32 Å². The standard InChI is InChI=1S/C12H17ClN2O.ClH/c1-12(2,15-11(16)6-7-14)9-4-3-5-10(13)8-9;/h3-5,8H,6-7,14H2,1-2H3,(H,15,16);1H. The molecule has 0 aliphatic carbocycles. The second kappa shape index (κ2) is 6.84. The van der Waals surface area contributed by atoms with Crippen LogP contribution in [0.2, 0.25) is 5.02 Å². The van der Waals surface area contributed by atoms with Crippen molar-refractivity contribution in [1.29, 1.82) is 0 Å². The predicted molar refractivity (Wildman–Crippen MR) is 73.5 cm³/mol. The Morgan fingerprint density at radius 1 is 1.47 bits per heavy atom. The minimum Gasteiger partial charge on any atom is -0.347 e. The van der Waals surface area contributed by atoms with Crippen LogP contribution in [0.1, 0.15) is 25.8 Å². The van der Waals surface area contributed by atoms with Gasteiger partial charge in [-0.1, -0.05) is 23.7 Å². The van der Waals surface area contributed by atoms with Crippen molar-refractivity contribution >= 4 is 29.9 Å². The first-order valence-electron chi connectivity index (χ1n) is 5.23. The molecule has 96 valence electrons. The molecule has 3 nitrogen and oxygen atoms in total. The summed E-state index contributed by atoms with van der Waals surface area (Å²) in [4.78, 5) is 11.5. The number of nitrogens with one attached hydrogen (secondary N) is 1. The molecular weight excluding hydrogens is 259 g/mol. The molecule has 0 saturated carbocycles. The summed E-state index contributed by atoms with van der Waals surface area (Å²) in [5.41, 5.74) is 5.87. The molecule has 0 aliphatic rings. The first-order valence-corrected chi connectivity index (χ1v) is 5.60. The molecule has 1 amide bonds. The second-order valence-corrected chi connectivity index (χ2v) is 4.66. The zero-order valence-electron chi connectivity index (χ0n) is 10.00. The van der Waals surface area contributed by atoms with E-state index in [4.69, 9.17) is 17.3 Å². The van der Waals surface area contributed by atoms with Crippen molar-refractivity contribution < 1.29 is 4.79 Å². The molecular formula is C12H18Cl2N2O. The SMILES string of the molecule is CC(C)(NC(=O)CCN)c1cccc(Cl)c1.Cl. The fraction of sp³-hybridized carbons (Fsp3) is 0.417. The van der Waals surface area contributed by atoms with Crippen LogP contribution in [-0.2, 0) is 10.3 Å². The molecule has 1 aromatic carbocycles. The summed E-state index contributed by atoms with van der Waals surface area (Å²) in [6, 6.07) is 7.47. The van der Waals surface area contributed by atoms with Gasteiger partial charge in [0.2, 0.25) is 5.91 Å². The van der Waals surface area contributed by atoms with Crippen molar-refractivity contribution in [3.8, 4) is 0 Å². The minimum absolute atomic E-state index is 0. The molecule has 0 radical (unpaired) electrons. The highest BCUT2D eigenvalue weighted by atomic mass is 35.5.